The Morgan fingerprint density at radius 2 is 1.63 bits per heavy atom. The Labute approximate surface area is 160 Å². The highest BCUT2D eigenvalue weighted by Gasteiger charge is 2.25. The summed E-state index contributed by atoms with van der Waals surface area (Å²) in [6, 6.07) is 15.1. The Hall–Kier alpha value is -2.44. The van der Waals surface area contributed by atoms with Crippen LogP contribution in [0.2, 0.25) is 0 Å². The van der Waals surface area contributed by atoms with Crippen LogP contribution in [0.5, 0.6) is 0 Å². The molecule has 1 aliphatic heterocycles. The van der Waals surface area contributed by atoms with Crippen molar-refractivity contribution in [3.63, 3.8) is 0 Å². The highest BCUT2D eigenvalue weighted by molar-refractivity contribution is 5.85. The average Bonchev–Trinajstić information content (AvgIpc) is 2.68. The van der Waals surface area contributed by atoms with E-state index in [-0.39, 0.29) is 18.4 Å². The van der Waals surface area contributed by atoms with Gasteiger partial charge in [0, 0.05) is 19.7 Å². The monoisotopic (exact) mass is 370 g/mol. The number of hydrogen-bond acceptors (Lipinski definition) is 2. The van der Waals surface area contributed by atoms with E-state index in [4.69, 9.17) is 0 Å². The van der Waals surface area contributed by atoms with Gasteiger partial charge in [0.2, 0.25) is 5.91 Å². The summed E-state index contributed by atoms with van der Waals surface area (Å²) >= 11 is 0. The van der Waals surface area contributed by atoms with Gasteiger partial charge in [0.25, 0.3) is 5.91 Å². The largest absolute Gasteiger partial charge is 0.347 e. The Morgan fingerprint density at radius 1 is 0.963 bits per heavy atom. The zero-order valence-corrected chi connectivity index (χ0v) is 16.3. The van der Waals surface area contributed by atoms with Gasteiger partial charge in [-0.1, -0.05) is 42.5 Å². The number of hydrogen-bond donors (Lipinski definition) is 3. The Morgan fingerprint density at radius 3 is 2.37 bits per heavy atom. The van der Waals surface area contributed by atoms with Gasteiger partial charge in [-0.25, -0.2) is 0 Å². The lowest BCUT2D eigenvalue weighted by atomic mass is 10.0. The molecule has 144 valence electrons. The molecule has 6 nitrogen and oxygen atoms in total. The first-order valence-corrected chi connectivity index (χ1v) is 9.63. The van der Waals surface area contributed by atoms with E-state index in [2.05, 4.69) is 47.8 Å². The van der Waals surface area contributed by atoms with Gasteiger partial charge in [-0.15, -0.1) is 0 Å². The number of quaternary nitrogens is 2. The van der Waals surface area contributed by atoms with Crippen molar-refractivity contribution in [2.45, 2.75) is 6.54 Å². The molecule has 27 heavy (non-hydrogen) atoms. The second-order valence-corrected chi connectivity index (χ2v) is 7.56. The third-order valence-corrected chi connectivity index (χ3v) is 5.33. The lowest BCUT2D eigenvalue weighted by molar-refractivity contribution is -1.02. The summed E-state index contributed by atoms with van der Waals surface area (Å²) in [6.07, 6.45) is 0. The number of piperazine rings is 1. The van der Waals surface area contributed by atoms with Crippen LogP contribution in [0.4, 0.5) is 0 Å². The van der Waals surface area contributed by atoms with E-state index in [0.29, 0.717) is 6.54 Å². The standard InChI is InChI=1S/C21H28N4O2/c1-23(2)21(27)14-22-20(26)16-25-12-10-24(11-13-25)15-18-8-5-7-17-6-3-4-9-19(17)18/h3-9H,10-16H2,1-2H3,(H,22,26)/p+2. The molecule has 0 unspecified atom stereocenters. The topological polar surface area (TPSA) is 58.3 Å². The molecule has 0 aliphatic carbocycles. The number of likely N-dealkylation sites (N-methyl/N-ethyl adjacent to an activating group) is 1. The fourth-order valence-corrected chi connectivity index (χ4v) is 3.65. The average molecular weight is 370 g/mol. The molecular weight excluding hydrogens is 340 g/mol. The molecule has 1 fully saturated rings. The molecule has 0 bridgehead atoms. The molecule has 2 aromatic rings. The van der Waals surface area contributed by atoms with Crippen LogP contribution in [-0.4, -0.2) is 70.1 Å². The number of amides is 2. The lowest BCUT2D eigenvalue weighted by Gasteiger charge is -2.29. The van der Waals surface area contributed by atoms with Crippen molar-refractivity contribution in [3.05, 3.63) is 48.0 Å². The normalized spacial score (nSPS) is 19.6. The van der Waals surface area contributed by atoms with Crippen molar-refractivity contribution < 1.29 is 19.4 Å². The van der Waals surface area contributed by atoms with Gasteiger partial charge in [0.15, 0.2) is 6.54 Å². The Bertz CT molecular complexity index is 792. The van der Waals surface area contributed by atoms with Gasteiger partial charge in [-0.3, -0.25) is 9.59 Å². The number of fused-ring (bicyclic) bond motifs is 1. The zero-order valence-electron chi connectivity index (χ0n) is 16.3. The maximum atomic E-state index is 12.0. The van der Waals surface area contributed by atoms with Gasteiger partial charge in [-0.2, -0.15) is 0 Å². The van der Waals surface area contributed by atoms with Crippen LogP contribution in [0.1, 0.15) is 5.56 Å². The summed E-state index contributed by atoms with van der Waals surface area (Å²) in [5.74, 6) is -0.125. The molecule has 2 aromatic carbocycles. The number of nitrogens with zero attached hydrogens (tertiary/aromatic N) is 1. The van der Waals surface area contributed by atoms with Crippen LogP contribution < -0.4 is 15.1 Å². The molecule has 2 amide bonds. The number of rotatable bonds is 6. The lowest BCUT2D eigenvalue weighted by Crippen LogP contribution is -3.28. The van der Waals surface area contributed by atoms with Crippen molar-refractivity contribution in [2.75, 3.05) is 53.4 Å². The second-order valence-electron chi connectivity index (χ2n) is 7.56. The minimum Gasteiger partial charge on any atom is -0.347 e. The van der Waals surface area contributed by atoms with E-state index >= 15 is 0 Å². The van der Waals surface area contributed by atoms with Gasteiger partial charge in [0.1, 0.15) is 32.7 Å². The summed E-state index contributed by atoms with van der Waals surface area (Å²) < 4.78 is 0. The number of carbonyl (C=O) groups is 2. The third kappa shape index (κ3) is 5.28. The summed E-state index contributed by atoms with van der Waals surface area (Å²) in [4.78, 5) is 28.0. The summed E-state index contributed by atoms with van der Waals surface area (Å²) in [7, 11) is 3.38. The van der Waals surface area contributed by atoms with Crippen molar-refractivity contribution in [1.82, 2.24) is 10.2 Å². The minimum atomic E-state index is -0.0808. The van der Waals surface area contributed by atoms with Crippen molar-refractivity contribution >= 4 is 22.6 Å². The van der Waals surface area contributed by atoms with Crippen LogP contribution in [0.15, 0.2) is 42.5 Å². The summed E-state index contributed by atoms with van der Waals surface area (Å²) in [5.41, 5.74) is 1.39. The maximum absolute atomic E-state index is 12.0. The molecule has 6 heteroatoms. The number of carbonyl (C=O) groups excluding carboxylic acids is 2. The zero-order chi connectivity index (χ0) is 19.2. The van der Waals surface area contributed by atoms with E-state index < -0.39 is 0 Å². The van der Waals surface area contributed by atoms with Crippen molar-refractivity contribution in [2.24, 2.45) is 0 Å². The van der Waals surface area contributed by atoms with Crippen LogP contribution in [0.25, 0.3) is 10.8 Å². The van der Waals surface area contributed by atoms with Gasteiger partial charge < -0.3 is 20.0 Å². The molecule has 0 aromatic heterocycles. The molecule has 1 heterocycles. The smallest absolute Gasteiger partial charge is 0.275 e. The highest BCUT2D eigenvalue weighted by Crippen LogP contribution is 2.17. The van der Waals surface area contributed by atoms with Crippen LogP contribution in [0.3, 0.4) is 0 Å². The SMILES string of the molecule is CN(C)C(=O)CNC(=O)C[NH+]1CC[NH+](Cc2cccc3ccccc23)CC1. The van der Waals surface area contributed by atoms with Gasteiger partial charge in [0.05, 0.1) is 6.54 Å². The van der Waals surface area contributed by atoms with Crippen LogP contribution in [-0.2, 0) is 16.1 Å². The van der Waals surface area contributed by atoms with E-state index in [9.17, 15) is 9.59 Å². The molecule has 0 saturated carbocycles. The first-order chi connectivity index (χ1) is 13.0. The molecule has 0 atom stereocenters. The molecule has 3 N–H and O–H groups in total. The summed E-state index contributed by atoms with van der Waals surface area (Å²) in [6.45, 7) is 5.63. The Balaban J connectivity index is 1.46. The number of benzene rings is 2. The maximum Gasteiger partial charge on any atom is 0.275 e. The predicted octanol–water partition coefficient (Wildman–Crippen LogP) is -1.67. The quantitative estimate of drug-likeness (QED) is 0.569. The van der Waals surface area contributed by atoms with Crippen molar-refractivity contribution in [1.29, 1.82) is 0 Å². The van der Waals surface area contributed by atoms with E-state index in [1.54, 1.807) is 19.0 Å². The molecule has 1 aliphatic rings. The molecule has 0 radical (unpaired) electrons. The van der Waals surface area contributed by atoms with E-state index in [1.165, 1.54) is 26.1 Å². The fraction of sp³-hybridized carbons (Fsp3) is 0.429. The second kappa shape index (κ2) is 8.97. The fourth-order valence-electron chi connectivity index (χ4n) is 3.65. The van der Waals surface area contributed by atoms with Crippen LogP contribution >= 0.6 is 0 Å². The van der Waals surface area contributed by atoms with Gasteiger partial charge >= 0.3 is 0 Å². The van der Waals surface area contributed by atoms with E-state index in [1.807, 2.05) is 0 Å². The molecule has 1 saturated heterocycles. The molecule has 0 spiro atoms. The minimum absolute atomic E-state index is 0.0438. The summed E-state index contributed by atoms with van der Waals surface area (Å²) in [5, 5.41) is 5.36. The third-order valence-electron chi connectivity index (χ3n) is 5.33. The van der Waals surface area contributed by atoms with E-state index in [0.717, 1.165) is 32.7 Å². The molecule has 3 rings (SSSR count). The highest BCUT2D eigenvalue weighted by atomic mass is 16.2. The first-order valence-electron chi connectivity index (χ1n) is 9.63. The van der Waals surface area contributed by atoms with Crippen molar-refractivity contribution in [3.8, 4) is 0 Å². The predicted molar refractivity (Wildman–Crippen MR) is 106 cm³/mol. The van der Waals surface area contributed by atoms with Gasteiger partial charge in [-0.05, 0) is 10.8 Å². The first kappa shape index (κ1) is 19.3. The Kier molecular flexibility index (Phi) is 6.42. The van der Waals surface area contributed by atoms with Crippen LogP contribution in [0, 0.1) is 0 Å². The number of nitrogens with one attached hydrogen (secondary N) is 3. The molecular formula is C21H30N4O2+2.